The van der Waals surface area contributed by atoms with E-state index in [0.717, 1.165) is 11.9 Å². The second-order valence-electron chi connectivity index (χ2n) is 7.11. The second kappa shape index (κ2) is 9.05. The minimum atomic E-state index is -3.67. The Balaban J connectivity index is 1.78. The molecule has 1 aliphatic heterocycles. The van der Waals surface area contributed by atoms with E-state index in [1.54, 1.807) is 29.2 Å². The summed E-state index contributed by atoms with van der Waals surface area (Å²) in [5.74, 6) is -0.175. The smallest absolute Gasteiger partial charge is 0.246 e. The minimum Gasteiger partial charge on any atom is -0.368 e. The van der Waals surface area contributed by atoms with Gasteiger partial charge in [0.2, 0.25) is 15.9 Å². The normalized spacial score (nSPS) is 15.8. The summed E-state index contributed by atoms with van der Waals surface area (Å²) in [5.41, 5.74) is 1.53. The number of anilines is 2. The van der Waals surface area contributed by atoms with Gasteiger partial charge in [-0.15, -0.1) is 0 Å². The lowest BCUT2D eigenvalue weighted by Crippen LogP contribution is -2.56. The van der Waals surface area contributed by atoms with Crippen LogP contribution in [-0.4, -0.2) is 57.7 Å². The third kappa shape index (κ3) is 5.03. The van der Waals surface area contributed by atoms with Crippen molar-refractivity contribution in [2.45, 2.75) is 19.4 Å². The molecule has 2 aromatic rings. The molecule has 1 heterocycles. The van der Waals surface area contributed by atoms with Gasteiger partial charge in [0.05, 0.1) is 11.9 Å². The first-order valence-corrected chi connectivity index (χ1v) is 11.9. The predicted octanol–water partition coefficient (Wildman–Crippen LogP) is 3.23. The van der Waals surface area contributed by atoms with Crippen molar-refractivity contribution in [2.75, 3.05) is 41.6 Å². The van der Waals surface area contributed by atoms with E-state index in [1.165, 1.54) is 4.31 Å². The van der Waals surface area contributed by atoms with Crippen LogP contribution in [0.5, 0.6) is 0 Å². The molecule has 156 valence electrons. The molecule has 1 saturated heterocycles. The number of nitrogens with zero attached hydrogens (tertiary/aromatic N) is 3. The summed E-state index contributed by atoms with van der Waals surface area (Å²) in [6.07, 6.45) is 1.49. The molecular weight excluding hydrogens is 410 g/mol. The van der Waals surface area contributed by atoms with Gasteiger partial charge >= 0.3 is 0 Å². The number of rotatable bonds is 6. The minimum absolute atomic E-state index is 0.175. The summed E-state index contributed by atoms with van der Waals surface area (Å²) in [7, 11) is -3.67. The molecular formula is C21H26ClN3O3S. The van der Waals surface area contributed by atoms with Crippen LogP contribution in [0.4, 0.5) is 11.4 Å². The van der Waals surface area contributed by atoms with Crippen LogP contribution in [-0.2, 0) is 14.8 Å². The Hall–Kier alpha value is -2.25. The average Bonchev–Trinajstić information content (AvgIpc) is 2.71. The maximum Gasteiger partial charge on any atom is 0.246 e. The van der Waals surface area contributed by atoms with E-state index >= 15 is 0 Å². The first-order chi connectivity index (χ1) is 13.8. The number of hydrogen-bond acceptors (Lipinski definition) is 4. The summed E-state index contributed by atoms with van der Waals surface area (Å²) >= 11 is 6.07. The molecule has 0 radical (unpaired) electrons. The molecule has 8 heteroatoms. The van der Waals surface area contributed by atoms with Gasteiger partial charge in [0.15, 0.2) is 0 Å². The molecule has 0 N–H and O–H groups in total. The number of carbonyl (C=O) groups excluding carboxylic acids is 1. The lowest BCUT2D eigenvalue weighted by Gasteiger charge is -2.39. The van der Waals surface area contributed by atoms with Crippen LogP contribution < -0.4 is 9.21 Å². The molecule has 1 fully saturated rings. The van der Waals surface area contributed by atoms with Gasteiger partial charge in [0.1, 0.15) is 6.04 Å². The Bertz CT molecular complexity index is 945. The zero-order chi connectivity index (χ0) is 21.0. The first-order valence-electron chi connectivity index (χ1n) is 9.65. The molecule has 29 heavy (non-hydrogen) atoms. The number of amides is 1. The van der Waals surface area contributed by atoms with E-state index < -0.39 is 16.1 Å². The highest BCUT2D eigenvalue weighted by molar-refractivity contribution is 7.92. The van der Waals surface area contributed by atoms with Crippen molar-refractivity contribution in [3.8, 4) is 0 Å². The first kappa shape index (κ1) is 21.5. The van der Waals surface area contributed by atoms with E-state index in [-0.39, 0.29) is 5.91 Å². The molecule has 2 aromatic carbocycles. The van der Waals surface area contributed by atoms with Crippen molar-refractivity contribution in [3.63, 3.8) is 0 Å². The van der Waals surface area contributed by atoms with Crippen molar-refractivity contribution in [1.82, 2.24) is 4.90 Å². The lowest BCUT2D eigenvalue weighted by molar-refractivity contribution is -0.132. The van der Waals surface area contributed by atoms with Crippen LogP contribution in [0.2, 0.25) is 5.02 Å². The fourth-order valence-corrected chi connectivity index (χ4v) is 5.07. The van der Waals surface area contributed by atoms with E-state index in [1.807, 2.05) is 25.1 Å². The van der Waals surface area contributed by atoms with Gasteiger partial charge in [0, 0.05) is 36.9 Å². The number of carbonyl (C=O) groups is 1. The summed E-state index contributed by atoms with van der Waals surface area (Å²) in [5, 5.41) is 0.426. The van der Waals surface area contributed by atoms with Crippen molar-refractivity contribution in [2.24, 2.45) is 0 Å². The third-order valence-corrected chi connectivity index (χ3v) is 6.50. The van der Waals surface area contributed by atoms with Crippen molar-refractivity contribution < 1.29 is 13.2 Å². The fraction of sp³-hybridized carbons (Fsp3) is 0.381. The summed E-state index contributed by atoms with van der Waals surface area (Å²) in [4.78, 5) is 17.3. The molecule has 0 saturated carbocycles. The zero-order valence-electron chi connectivity index (χ0n) is 16.7. The highest BCUT2D eigenvalue weighted by atomic mass is 35.5. The topological polar surface area (TPSA) is 60.9 Å². The van der Waals surface area contributed by atoms with Gasteiger partial charge < -0.3 is 9.80 Å². The number of hydrogen-bond donors (Lipinski definition) is 0. The Morgan fingerprint density at radius 2 is 1.72 bits per heavy atom. The second-order valence-corrected chi connectivity index (χ2v) is 9.41. The van der Waals surface area contributed by atoms with E-state index in [4.69, 9.17) is 11.6 Å². The molecule has 6 nitrogen and oxygen atoms in total. The Morgan fingerprint density at radius 1 is 1.07 bits per heavy atom. The van der Waals surface area contributed by atoms with Crippen molar-refractivity contribution >= 4 is 38.9 Å². The standard InChI is InChI=1S/C21H26ClN3O3S/c1-3-20(25(29(2,27)28)19-11-7-8-17(22)16-19)21(26)24-14-12-23(13-15-24)18-9-5-4-6-10-18/h4-11,16,20H,3,12-15H2,1-2H3/t20-/m1/s1. The maximum absolute atomic E-state index is 13.3. The number of sulfonamides is 1. The Labute approximate surface area is 177 Å². The van der Waals surface area contributed by atoms with E-state index in [9.17, 15) is 13.2 Å². The fourth-order valence-electron chi connectivity index (χ4n) is 3.69. The number of halogens is 1. The van der Waals surface area contributed by atoms with Gasteiger partial charge in [-0.25, -0.2) is 8.42 Å². The lowest BCUT2D eigenvalue weighted by atomic mass is 10.1. The molecule has 0 spiro atoms. The third-order valence-electron chi connectivity index (χ3n) is 5.09. The average molecular weight is 436 g/mol. The van der Waals surface area contributed by atoms with Crippen LogP contribution >= 0.6 is 11.6 Å². The van der Waals surface area contributed by atoms with Crippen LogP contribution in [0.1, 0.15) is 13.3 Å². The maximum atomic E-state index is 13.3. The van der Waals surface area contributed by atoms with Crippen LogP contribution in [0, 0.1) is 0 Å². The van der Waals surface area contributed by atoms with Crippen molar-refractivity contribution in [3.05, 3.63) is 59.6 Å². The largest absolute Gasteiger partial charge is 0.368 e. The molecule has 1 atom stereocenters. The molecule has 3 rings (SSSR count). The number of para-hydroxylation sites is 1. The van der Waals surface area contributed by atoms with Crippen LogP contribution in [0.15, 0.2) is 54.6 Å². The van der Waals surface area contributed by atoms with Crippen LogP contribution in [0.3, 0.4) is 0 Å². The quantitative estimate of drug-likeness (QED) is 0.698. The number of piperazine rings is 1. The van der Waals surface area contributed by atoms with E-state index in [2.05, 4.69) is 17.0 Å². The van der Waals surface area contributed by atoms with Gasteiger partial charge in [-0.1, -0.05) is 42.8 Å². The Kier molecular flexibility index (Phi) is 6.70. The van der Waals surface area contributed by atoms with E-state index in [0.29, 0.717) is 43.3 Å². The predicted molar refractivity (Wildman–Crippen MR) is 118 cm³/mol. The molecule has 0 aliphatic carbocycles. The highest BCUT2D eigenvalue weighted by Crippen LogP contribution is 2.26. The van der Waals surface area contributed by atoms with Gasteiger partial charge in [-0.3, -0.25) is 9.10 Å². The summed E-state index contributed by atoms with van der Waals surface area (Å²) in [6.45, 7) is 4.35. The molecule has 0 aromatic heterocycles. The molecule has 0 unspecified atom stereocenters. The SMILES string of the molecule is CC[C@H](C(=O)N1CCN(c2ccccc2)CC1)N(c1cccc(Cl)c1)S(C)(=O)=O. The zero-order valence-corrected chi connectivity index (χ0v) is 18.2. The molecule has 1 amide bonds. The molecule has 0 bridgehead atoms. The Morgan fingerprint density at radius 3 is 2.28 bits per heavy atom. The van der Waals surface area contributed by atoms with Gasteiger partial charge in [0.25, 0.3) is 0 Å². The number of benzene rings is 2. The van der Waals surface area contributed by atoms with Gasteiger partial charge in [-0.05, 0) is 36.8 Å². The summed E-state index contributed by atoms with van der Waals surface area (Å²) < 4.78 is 26.3. The van der Waals surface area contributed by atoms with Gasteiger partial charge in [-0.2, -0.15) is 0 Å². The van der Waals surface area contributed by atoms with Crippen LogP contribution in [0.25, 0.3) is 0 Å². The monoisotopic (exact) mass is 435 g/mol. The van der Waals surface area contributed by atoms with Crippen molar-refractivity contribution in [1.29, 1.82) is 0 Å². The molecule has 1 aliphatic rings. The summed E-state index contributed by atoms with van der Waals surface area (Å²) in [6, 6.07) is 15.9. The highest BCUT2D eigenvalue weighted by Gasteiger charge is 2.35.